The minimum atomic E-state index is -0.498. The van der Waals surface area contributed by atoms with Gasteiger partial charge in [-0.3, -0.25) is 19.4 Å². The number of carbonyl (C=O) groups excluding carboxylic acids is 2. The lowest BCUT2D eigenvalue weighted by molar-refractivity contribution is -0.120. The van der Waals surface area contributed by atoms with Gasteiger partial charge in [0.2, 0.25) is 0 Å². The zero-order chi connectivity index (χ0) is 23.4. The SMILES string of the molecule is CCOc1cc(OC)ccc1C=C1C(=O)N(c2ccccc2)C(=S)N(c2ccccc2)C1=O. The zero-order valence-corrected chi connectivity index (χ0v) is 19.0. The molecule has 1 fully saturated rings. The molecule has 7 heteroatoms. The summed E-state index contributed by atoms with van der Waals surface area (Å²) in [7, 11) is 1.56. The Labute approximate surface area is 197 Å². The van der Waals surface area contributed by atoms with Crippen molar-refractivity contribution in [2.75, 3.05) is 23.5 Å². The molecule has 2 amide bonds. The minimum Gasteiger partial charge on any atom is -0.497 e. The number of hydrogen-bond acceptors (Lipinski definition) is 5. The maximum absolute atomic E-state index is 13.6. The van der Waals surface area contributed by atoms with Gasteiger partial charge in [0.05, 0.1) is 25.1 Å². The molecule has 0 N–H and O–H groups in total. The number of hydrogen-bond donors (Lipinski definition) is 0. The van der Waals surface area contributed by atoms with Gasteiger partial charge in [-0.25, -0.2) is 0 Å². The Hall–Kier alpha value is -3.97. The first-order chi connectivity index (χ1) is 16.0. The summed E-state index contributed by atoms with van der Waals surface area (Å²) in [5, 5.41) is 0.0966. The highest BCUT2D eigenvalue weighted by Crippen LogP contribution is 2.32. The van der Waals surface area contributed by atoms with Crippen LogP contribution in [-0.2, 0) is 9.59 Å². The highest BCUT2D eigenvalue weighted by molar-refractivity contribution is 7.81. The molecule has 4 rings (SSSR count). The molecule has 1 heterocycles. The summed E-state index contributed by atoms with van der Waals surface area (Å²) in [5.41, 5.74) is 1.71. The second-order valence-electron chi connectivity index (χ2n) is 7.13. The molecule has 0 atom stereocenters. The Balaban J connectivity index is 1.87. The van der Waals surface area contributed by atoms with Gasteiger partial charge < -0.3 is 9.47 Å². The summed E-state index contributed by atoms with van der Waals surface area (Å²) in [6.45, 7) is 2.28. The van der Waals surface area contributed by atoms with Crippen LogP contribution in [0.5, 0.6) is 11.5 Å². The van der Waals surface area contributed by atoms with Gasteiger partial charge in [-0.1, -0.05) is 36.4 Å². The standard InChI is InChI=1S/C26H22N2O4S/c1-3-32-23-17-21(31-2)15-14-18(23)16-22-24(29)27(19-10-6-4-7-11-19)26(33)28(25(22)30)20-12-8-5-9-13-20/h4-17H,3H2,1-2H3. The van der Waals surface area contributed by atoms with Crippen LogP contribution in [0.25, 0.3) is 6.08 Å². The molecule has 0 unspecified atom stereocenters. The van der Waals surface area contributed by atoms with E-state index in [1.54, 1.807) is 55.7 Å². The van der Waals surface area contributed by atoms with Gasteiger partial charge in [0.1, 0.15) is 17.1 Å². The van der Waals surface area contributed by atoms with Crippen molar-refractivity contribution >= 4 is 46.6 Å². The molecule has 0 radical (unpaired) electrons. The molecule has 0 aliphatic carbocycles. The van der Waals surface area contributed by atoms with Crippen molar-refractivity contribution in [2.24, 2.45) is 0 Å². The largest absolute Gasteiger partial charge is 0.497 e. The second kappa shape index (κ2) is 9.67. The van der Waals surface area contributed by atoms with Gasteiger partial charge in [0, 0.05) is 11.6 Å². The summed E-state index contributed by atoms with van der Waals surface area (Å²) in [6, 6.07) is 23.3. The molecule has 0 spiro atoms. The molecule has 1 saturated heterocycles. The molecule has 6 nitrogen and oxygen atoms in total. The number of ether oxygens (including phenoxy) is 2. The number of thiocarbonyl (C=S) groups is 1. The van der Waals surface area contributed by atoms with Crippen LogP contribution in [0.1, 0.15) is 12.5 Å². The highest BCUT2D eigenvalue weighted by atomic mass is 32.1. The van der Waals surface area contributed by atoms with Crippen molar-refractivity contribution in [1.29, 1.82) is 0 Å². The van der Waals surface area contributed by atoms with E-state index in [9.17, 15) is 9.59 Å². The van der Waals surface area contributed by atoms with Crippen LogP contribution >= 0.6 is 12.2 Å². The van der Waals surface area contributed by atoms with Crippen LogP contribution in [0, 0.1) is 0 Å². The van der Waals surface area contributed by atoms with Crippen molar-refractivity contribution in [3.63, 3.8) is 0 Å². The Bertz CT molecular complexity index is 1160. The molecular weight excluding hydrogens is 436 g/mol. The number of anilines is 2. The quantitative estimate of drug-likeness (QED) is 0.301. The first-order valence-corrected chi connectivity index (χ1v) is 10.8. The van der Waals surface area contributed by atoms with Crippen molar-refractivity contribution < 1.29 is 19.1 Å². The number of methoxy groups -OCH3 is 1. The van der Waals surface area contributed by atoms with Gasteiger partial charge in [-0.15, -0.1) is 0 Å². The smallest absolute Gasteiger partial charge is 0.270 e. The molecule has 3 aromatic rings. The molecule has 0 bridgehead atoms. The topological polar surface area (TPSA) is 59.1 Å². The predicted molar refractivity (Wildman–Crippen MR) is 133 cm³/mol. The summed E-state index contributed by atoms with van der Waals surface area (Å²) in [4.78, 5) is 29.9. The van der Waals surface area contributed by atoms with Gasteiger partial charge in [0.25, 0.3) is 11.8 Å². The Morgan fingerprint density at radius 2 is 1.39 bits per heavy atom. The van der Waals surface area contributed by atoms with Crippen LogP contribution in [0.2, 0.25) is 0 Å². The van der Waals surface area contributed by atoms with Gasteiger partial charge in [0.15, 0.2) is 5.11 Å². The molecule has 166 valence electrons. The van der Waals surface area contributed by atoms with Crippen molar-refractivity contribution in [2.45, 2.75) is 6.92 Å². The van der Waals surface area contributed by atoms with Crippen LogP contribution in [0.4, 0.5) is 11.4 Å². The van der Waals surface area contributed by atoms with E-state index in [4.69, 9.17) is 21.7 Å². The lowest BCUT2D eigenvalue weighted by Gasteiger charge is -2.36. The summed E-state index contributed by atoms with van der Waals surface area (Å²) in [6.07, 6.45) is 1.54. The summed E-state index contributed by atoms with van der Waals surface area (Å²) in [5.74, 6) is 0.124. The van der Waals surface area contributed by atoms with E-state index in [2.05, 4.69) is 0 Å². The fourth-order valence-electron chi connectivity index (χ4n) is 3.54. The van der Waals surface area contributed by atoms with Gasteiger partial charge in [-0.05, 0) is 61.6 Å². The molecule has 33 heavy (non-hydrogen) atoms. The van der Waals surface area contributed by atoms with Gasteiger partial charge in [-0.2, -0.15) is 0 Å². The second-order valence-corrected chi connectivity index (χ2v) is 7.49. The predicted octanol–water partition coefficient (Wildman–Crippen LogP) is 4.84. The fraction of sp³-hybridized carbons (Fsp3) is 0.115. The lowest BCUT2D eigenvalue weighted by Crippen LogP contribution is -2.56. The number of amides is 2. The van der Waals surface area contributed by atoms with E-state index in [-0.39, 0.29) is 10.7 Å². The average Bonchev–Trinajstić information content (AvgIpc) is 2.84. The van der Waals surface area contributed by atoms with E-state index >= 15 is 0 Å². The van der Waals surface area contributed by atoms with Crippen LogP contribution < -0.4 is 19.3 Å². The molecule has 1 aliphatic heterocycles. The third kappa shape index (κ3) is 4.36. The van der Waals surface area contributed by atoms with Crippen LogP contribution in [0.15, 0.2) is 84.4 Å². The molecular formula is C26H22N2O4S. The van der Waals surface area contributed by atoms with Crippen molar-refractivity contribution in [1.82, 2.24) is 0 Å². The maximum Gasteiger partial charge on any atom is 0.270 e. The Morgan fingerprint density at radius 1 is 0.848 bits per heavy atom. The number of benzene rings is 3. The highest BCUT2D eigenvalue weighted by Gasteiger charge is 2.41. The number of para-hydroxylation sites is 2. The molecule has 0 aromatic heterocycles. The monoisotopic (exact) mass is 458 g/mol. The van der Waals surface area contributed by atoms with Crippen LogP contribution in [-0.4, -0.2) is 30.6 Å². The molecule has 1 aliphatic rings. The molecule has 3 aromatic carbocycles. The van der Waals surface area contributed by atoms with Gasteiger partial charge >= 0.3 is 0 Å². The molecule has 0 saturated carbocycles. The van der Waals surface area contributed by atoms with Crippen LogP contribution in [0.3, 0.4) is 0 Å². The number of carbonyl (C=O) groups is 2. The summed E-state index contributed by atoms with van der Waals surface area (Å²) >= 11 is 5.63. The average molecular weight is 459 g/mol. The van der Waals surface area contributed by atoms with E-state index in [1.165, 1.54) is 9.80 Å². The minimum absolute atomic E-state index is 0.0255. The van der Waals surface area contributed by atoms with E-state index in [1.807, 2.05) is 43.3 Å². The summed E-state index contributed by atoms with van der Waals surface area (Å²) < 4.78 is 11.0. The zero-order valence-electron chi connectivity index (χ0n) is 18.2. The Morgan fingerprint density at radius 3 is 1.88 bits per heavy atom. The number of rotatable bonds is 6. The maximum atomic E-state index is 13.6. The van der Waals surface area contributed by atoms with E-state index < -0.39 is 11.8 Å². The normalized spacial score (nSPS) is 13.9. The number of nitrogens with zero attached hydrogens (tertiary/aromatic N) is 2. The first kappa shape index (κ1) is 22.2. The van der Waals surface area contributed by atoms with E-state index in [0.717, 1.165) is 0 Å². The fourth-order valence-corrected chi connectivity index (χ4v) is 3.91. The third-order valence-corrected chi connectivity index (χ3v) is 5.46. The third-order valence-electron chi connectivity index (χ3n) is 5.10. The Kier molecular flexibility index (Phi) is 6.51. The van der Waals surface area contributed by atoms with Crippen molar-refractivity contribution in [3.05, 3.63) is 90.0 Å². The first-order valence-electron chi connectivity index (χ1n) is 10.4. The van der Waals surface area contributed by atoms with E-state index in [0.29, 0.717) is 35.0 Å². The lowest BCUT2D eigenvalue weighted by atomic mass is 10.0. The van der Waals surface area contributed by atoms with Crippen molar-refractivity contribution in [3.8, 4) is 11.5 Å².